The third-order valence-electron chi connectivity index (χ3n) is 1.90. The number of carbonyl (C=O) groups excluding carboxylic acids is 1. The largest absolute Gasteiger partial charge is 0.431 e. The van der Waals surface area contributed by atoms with Crippen molar-refractivity contribution >= 4 is 40.8 Å². The van der Waals surface area contributed by atoms with Crippen LogP contribution in [0, 0.1) is 5.92 Å². The quantitative estimate of drug-likeness (QED) is 0.487. The number of carbonyl (C=O) groups is 1. The molecule has 3 atom stereocenters. The van der Waals surface area contributed by atoms with E-state index in [0.717, 1.165) is 0 Å². The van der Waals surface area contributed by atoms with Crippen LogP contribution in [0.5, 0.6) is 0 Å². The summed E-state index contributed by atoms with van der Waals surface area (Å²) >= 11 is 16.6. The molecule has 1 aliphatic heterocycles. The molecule has 0 spiro atoms. The second-order valence-corrected chi connectivity index (χ2v) is 5.31. The SMILES string of the molecule is C[C@@H]1C(=O)OC(C(Cl)(Cl)Cl)O[C@@H]1C. The Kier molecular flexibility index (Phi) is 3.33. The lowest BCUT2D eigenvalue weighted by atomic mass is 10.1. The standard InChI is InChI=1S/C7H9Cl3O3/c1-3-4(2)12-6(7(8,9)10)13-5(3)11/h3-4,6H,1-2H3/t3-,4+,6?/m0/s1. The van der Waals surface area contributed by atoms with Crippen molar-refractivity contribution in [1.29, 1.82) is 0 Å². The summed E-state index contributed by atoms with van der Waals surface area (Å²) in [4.78, 5) is 11.2. The molecule has 1 saturated heterocycles. The molecule has 13 heavy (non-hydrogen) atoms. The van der Waals surface area contributed by atoms with Gasteiger partial charge in [0.2, 0.25) is 0 Å². The molecule has 0 aliphatic carbocycles. The highest BCUT2D eigenvalue weighted by Gasteiger charge is 2.44. The smallest absolute Gasteiger partial charge is 0.313 e. The van der Waals surface area contributed by atoms with E-state index in [1.165, 1.54) is 0 Å². The summed E-state index contributed by atoms with van der Waals surface area (Å²) in [6.07, 6.45) is -1.42. The van der Waals surface area contributed by atoms with Gasteiger partial charge in [-0.3, -0.25) is 4.79 Å². The Labute approximate surface area is 91.2 Å². The molecule has 0 aromatic heterocycles. The van der Waals surface area contributed by atoms with Gasteiger partial charge in [-0.25, -0.2) is 0 Å². The predicted molar refractivity (Wildman–Crippen MR) is 49.9 cm³/mol. The van der Waals surface area contributed by atoms with E-state index in [1.807, 2.05) is 0 Å². The summed E-state index contributed by atoms with van der Waals surface area (Å²) in [7, 11) is 0. The highest BCUT2D eigenvalue weighted by molar-refractivity contribution is 6.68. The van der Waals surface area contributed by atoms with Gasteiger partial charge in [0, 0.05) is 0 Å². The van der Waals surface area contributed by atoms with E-state index < -0.39 is 16.1 Å². The molecule has 0 bridgehead atoms. The average Bonchev–Trinajstić information content (AvgIpc) is 1.97. The van der Waals surface area contributed by atoms with E-state index in [4.69, 9.17) is 44.3 Å². The summed E-state index contributed by atoms with van der Waals surface area (Å²) in [6, 6.07) is 0. The van der Waals surface area contributed by atoms with Crippen LogP contribution in [0.15, 0.2) is 0 Å². The van der Waals surface area contributed by atoms with Crippen molar-refractivity contribution < 1.29 is 14.3 Å². The lowest BCUT2D eigenvalue weighted by Gasteiger charge is -2.34. The molecule has 1 rings (SSSR count). The zero-order chi connectivity index (χ0) is 10.2. The minimum atomic E-state index is -1.73. The molecule has 0 N–H and O–H groups in total. The monoisotopic (exact) mass is 246 g/mol. The third kappa shape index (κ3) is 2.62. The molecule has 0 aromatic carbocycles. The number of halogens is 3. The molecule has 1 unspecified atom stereocenters. The Morgan fingerprint density at radius 3 is 2.23 bits per heavy atom. The van der Waals surface area contributed by atoms with Crippen molar-refractivity contribution in [3.63, 3.8) is 0 Å². The number of ether oxygens (including phenoxy) is 2. The molecule has 1 aliphatic rings. The highest BCUT2D eigenvalue weighted by atomic mass is 35.6. The molecule has 76 valence electrons. The number of cyclic esters (lactones) is 1. The van der Waals surface area contributed by atoms with Crippen LogP contribution in [-0.4, -0.2) is 22.2 Å². The predicted octanol–water partition coefficient (Wildman–Crippen LogP) is 2.28. The first-order valence-corrected chi connectivity index (χ1v) is 4.88. The maximum atomic E-state index is 11.2. The maximum Gasteiger partial charge on any atom is 0.313 e. The van der Waals surface area contributed by atoms with E-state index >= 15 is 0 Å². The van der Waals surface area contributed by atoms with Gasteiger partial charge in [-0.1, -0.05) is 34.8 Å². The van der Waals surface area contributed by atoms with Gasteiger partial charge >= 0.3 is 5.97 Å². The van der Waals surface area contributed by atoms with Crippen molar-refractivity contribution in [3.8, 4) is 0 Å². The van der Waals surface area contributed by atoms with Crippen LogP contribution < -0.4 is 0 Å². The van der Waals surface area contributed by atoms with E-state index in [-0.39, 0.29) is 12.0 Å². The Morgan fingerprint density at radius 2 is 1.85 bits per heavy atom. The Balaban J connectivity index is 2.69. The third-order valence-corrected chi connectivity index (χ3v) is 2.44. The van der Waals surface area contributed by atoms with E-state index in [9.17, 15) is 4.79 Å². The zero-order valence-corrected chi connectivity index (χ0v) is 9.36. The summed E-state index contributed by atoms with van der Waals surface area (Å²) < 4.78 is 8.24. The minimum Gasteiger partial charge on any atom is -0.431 e. The van der Waals surface area contributed by atoms with Crippen molar-refractivity contribution in [2.24, 2.45) is 5.92 Å². The van der Waals surface area contributed by atoms with Gasteiger partial charge in [-0.2, -0.15) is 0 Å². The van der Waals surface area contributed by atoms with Crippen molar-refractivity contribution in [2.45, 2.75) is 30.0 Å². The van der Waals surface area contributed by atoms with Gasteiger partial charge in [0.15, 0.2) is 0 Å². The first-order chi connectivity index (χ1) is 5.82. The Bertz CT molecular complexity index is 214. The highest BCUT2D eigenvalue weighted by Crippen LogP contribution is 2.36. The molecule has 0 aromatic rings. The lowest BCUT2D eigenvalue weighted by Crippen LogP contribution is -2.46. The number of hydrogen-bond donors (Lipinski definition) is 0. The van der Waals surface area contributed by atoms with E-state index in [0.29, 0.717) is 0 Å². The fourth-order valence-corrected chi connectivity index (χ4v) is 1.18. The molecule has 1 heterocycles. The van der Waals surface area contributed by atoms with Gasteiger partial charge in [0.25, 0.3) is 10.1 Å². The Hall–Kier alpha value is 0.300. The maximum absolute atomic E-state index is 11.2. The topological polar surface area (TPSA) is 35.5 Å². The summed E-state index contributed by atoms with van der Waals surface area (Å²) in [6.45, 7) is 3.43. The fraction of sp³-hybridized carbons (Fsp3) is 0.857. The van der Waals surface area contributed by atoms with Crippen molar-refractivity contribution in [2.75, 3.05) is 0 Å². The van der Waals surface area contributed by atoms with Crippen LogP contribution >= 0.6 is 34.8 Å². The van der Waals surface area contributed by atoms with Crippen LogP contribution in [-0.2, 0) is 14.3 Å². The molecule has 0 amide bonds. The van der Waals surface area contributed by atoms with Gasteiger partial charge in [-0.05, 0) is 13.8 Å². The number of alkyl halides is 3. The molecular weight excluding hydrogens is 238 g/mol. The van der Waals surface area contributed by atoms with Crippen LogP contribution in [0.1, 0.15) is 13.8 Å². The van der Waals surface area contributed by atoms with Gasteiger partial charge in [-0.15, -0.1) is 0 Å². The van der Waals surface area contributed by atoms with E-state index in [1.54, 1.807) is 13.8 Å². The number of rotatable bonds is 0. The van der Waals surface area contributed by atoms with Gasteiger partial charge in [0.1, 0.15) is 0 Å². The second-order valence-electron chi connectivity index (χ2n) is 2.94. The molecule has 0 radical (unpaired) electrons. The Morgan fingerprint density at radius 1 is 1.31 bits per heavy atom. The average molecular weight is 248 g/mol. The molecule has 0 saturated carbocycles. The van der Waals surface area contributed by atoms with Crippen LogP contribution in [0.2, 0.25) is 0 Å². The fourth-order valence-electron chi connectivity index (χ4n) is 0.889. The van der Waals surface area contributed by atoms with Gasteiger partial charge < -0.3 is 9.47 Å². The normalized spacial score (nSPS) is 35.8. The molecule has 3 nitrogen and oxygen atoms in total. The summed E-state index contributed by atoms with van der Waals surface area (Å²) in [5.74, 6) is -0.737. The molecule has 1 fully saturated rings. The molecular formula is C7H9Cl3O3. The number of esters is 1. The second kappa shape index (κ2) is 3.81. The van der Waals surface area contributed by atoms with Crippen LogP contribution in [0.25, 0.3) is 0 Å². The van der Waals surface area contributed by atoms with Crippen LogP contribution in [0.4, 0.5) is 0 Å². The first kappa shape index (κ1) is 11.4. The minimum absolute atomic E-state index is 0.304. The molecule has 6 heteroatoms. The van der Waals surface area contributed by atoms with Gasteiger partial charge in [0.05, 0.1) is 12.0 Å². The van der Waals surface area contributed by atoms with Crippen molar-refractivity contribution in [1.82, 2.24) is 0 Å². The summed E-state index contributed by atoms with van der Waals surface area (Å²) in [5, 5.41) is 0. The van der Waals surface area contributed by atoms with Crippen molar-refractivity contribution in [3.05, 3.63) is 0 Å². The number of hydrogen-bond acceptors (Lipinski definition) is 3. The first-order valence-electron chi connectivity index (χ1n) is 3.75. The van der Waals surface area contributed by atoms with Crippen LogP contribution in [0.3, 0.4) is 0 Å². The summed E-state index contributed by atoms with van der Waals surface area (Å²) in [5.41, 5.74) is 0. The lowest BCUT2D eigenvalue weighted by molar-refractivity contribution is -0.223. The zero-order valence-electron chi connectivity index (χ0n) is 7.09. The van der Waals surface area contributed by atoms with E-state index in [2.05, 4.69) is 0 Å².